The first-order valence-corrected chi connectivity index (χ1v) is 7.85. The third kappa shape index (κ3) is 4.82. The smallest absolute Gasteiger partial charge is 0.251 e. The number of halogens is 1. The molecule has 0 saturated carbocycles. The molecule has 2 amide bonds. The maximum absolute atomic E-state index is 12.0. The molecule has 1 saturated heterocycles. The largest absolute Gasteiger partial charge is 0.352 e. The van der Waals surface area contributed by atoms with Gasteiger partial charge in [0, 0.05) is 49.2 Å². The summed E-state index contributed by atoms with van der Waals surface area (Å²) in [6, 6.07) is 7.15. The molecular formula is C15H20BrN3O2. The Hall–Kier alpha value is -1.40. The zero-order chi connectivity index (χ0) is 15.2. The number of nitrogens with zero attached hydrogens (tertiary/aromatic N) is 2. The molecule has 114 valence electrons. The molecule has 1 aliphatic heterocycles. The summed E-state index contributed by atoms with van der Waals surface area (Å²) in [5.41, 5.74) is 0.602. The molecule has 0 bridgehead atoms. The number of hydrogen-bond donors (Lipinski definition) is 1. The highest BCUT2D eigenvalue weighted by Gasteiger charge is 2.18. The van der Waals surface area contributed by atoms with E-state index in [-0.39, 0.29) is 11.8 Å². The molecule has 0 aromatic heterocycles. The van der Waals surface area contributed by atoms with E-state index in [0.717, 1.165) is 30.7 Å². The van der Waals surface area contributed by atoms with E-state index < -0.39 is 0 Å². The van der Waals surface area contributed by atoms with Gasteiger partial charge in [-0.1, -0.05) is 15.9 Å². The van der Waals surface area contributed by atoms with Gasteiger partial charge in [-0.3, -0.25) is 9.59 Å². The van der Waals surface area contributed by atoms with Gasteiger partial charge in [0.1, 0.15) is 0 Å². The summed E-state index contributed by atoms with van der Waals surface area (Å²) in [6.45, 7) is 3.75. The first-order valence-electron chi connectivity index (χ1n) is 7.06. The molecule has 6 heteroatoms. The normalized spacial score (nSPS) is 15.8. The summed E-state index contributed by atoms with van der Waals surface area (Å²) in [5, 5.41) is 2.79. The quantitative estimate of drug-likeness (QED) is 0.888. The number of rotatable bonds is 4. The highest BCUT2D eigenvalue weighted by molar-refractivity contribution is 9.10. The van der Waals surface area contributed by atoms with E-state index in [1.807, 2.05) is 17.0 Å². The molecule has 0 atom stereocenters. The van der Waals surface area contributed by atoms with E-state index in [9.17, 15) is 9.59 Å². The van der Waals surface area contributed by atoms with Gasteiger partial charge in [-0.25, -0.2) is 0 Å². The van der Waals surface area contributed by atoms with Crippen LogP contribution in [0.3, 0.4) is 0 Å². The van der Waals surface area contributed by atoms with Gasteiger partial charge in [-0.15, -0.1) is 0 Å². The van der Waals surface area contributed by atoms with Crippen LogP contribution in [0.1, 0.15) is 16.8 Å². The van der Waals surface area contributed by atoms with Crippen molar-refractivity contribution in [3.8, 4) is 0 Å². The molecular weight excluding hydrogens is 334 g/mol. The number of likely N-dealkylation sites (N-methyl/N-ethyl adjacent to an activating group) is 1. The minimum absolute atomic E-state index is 0.110. The van der Waals surface area contributed by atoms with Gasteiger partial charge in [0.25, 0.3) is 5.91 Å². The Morgan fingerprint density at radius 2 is 1.76 bits per heavy atom. The van der Waals surface area contributed by atoms with Gasteiger partial charge in [-0.2, -0.15) is 0 Å². The Kier molecular flexibility index (Phi) is 5.76. The van der Waals surface area contributed by atoms with E-state index in [1.54, 1.807) is 12.1 Å². The van der Waals surface area contributed by atoms with Crippen molar-refractivity contribution in [2.45, 2.75) is 6.42 Å². The molecule has 0 radical (unpaired) electrons. The summed E-state index contributed by atoms with van der Waals surface area (Å²) in [4.78, 5) is 28.0. The van der Waals surface area contributed by atoms with Crippen molar-refractivity contribution in [3.05, 3.63) is 34.3 Å². The molecule has 1 aromatic rings. The fourth-order valence-electron chi connectivity index (χ4n) is 2.20. The third-order valence-electron chi connectivity index (χ3n) is 3.59. The van der Waals surface area contributed by atoms with E-state index in [2.05, 4.69) is 33.2 Å². The lowest BCUT2D eigenvalue weighted by molar-refractivity contribution is -0.132. The maximum Gasteiger partial charge on any atom is 0.251 e. The number of hydrogen-bond acceptors (Lipinski definition) is 3. The van der Waals surface area contributed by atoms with Crippen molar-refractivity contribution in [3.63, 3.8) is 0 Å². The summed E-state index contributed by atoms with van der Waals surface area (Å²) >= 11 is 3.33. The van der Waals surface area contributed by atoms with Gasteiger partial charge in [0.05, 0.1) is 0 Å². The van der Waals surface area contributed by atoms with Gasteiger partial charge in [-0.05, 0) is 31.3 Å². The standard InChI is InChI=1S/C15H20BrN3O2/c1-18-8-10-19(11-9-18)14(20)6-7-17-15(21)12-2-4-13(16)5-3-12/h2-5H,6-11H2,1H3,(H,17,21). The molecule has 1 aromatic carbocycles. The van der Waals surface area contributed by atoms with E-state index in [1.165, 1.54) is 0 Å². The molecule has 1 heterocycles. The number of carbonyl (C=O) groups is 2. The summed E-state index contributed by atoms with van der Waals surface area (Å²) in [6.07, 6.45) is 0.353. The fourth-order valence-corrected chi connectivity index (χ4v) is 2.46. The van der Waals surface area contributed by atoms with Crippen molar-refractivity contribution < 1.29 is 9.59 Å². The Labute approximate surface area is 133 Å². The minimum Gasteiger partial charge on any atom is -0.352 e. The van der Waals surface area contributed by atoms with Gasteiger partial charge < -0.3 is 15.1 Å². The summed E-state index contributed by atoms with van der Waals surface area (Å²) in [7, 11) is 2.06. The Morgan fingerprint density at radius 3 is 2.38 bits per heavy atom. The average molecular weight is 354 g/mol. The predicted octanol–water partition coefficient (Wildman–Crippen LogP) is 1.34. The monoisotopic (exact) mass is 353 g/mol. The van der Waals surface area contributed by atoms with Crippen LogP contribution in [0, 0.1) is 0 Å². The fraction of sp³-hybridized carbons (Fsp3) is 0.467. The van der Waals surface area contributed by atoms with Gasteiger partial charge in [0.2, 0.25) is 5.91 Å². The Bertz CT molecular complexity index is 496. The lowest BCUT2D eigenvalue weighted by atomic mass is 10.2. The molecule has 2 rings (SSSR count). The van der Waals surface area contributed by atoms with E-state index >= 15 is 0 Å². The summed E-state index contributed by atoms with van der Waals surface area (Å²) in [5.74, 6) is -0.0344. The van der Waals surface area contributed by atoms with Crippen LogP contribution >= 0.6 is 15.9 Å². The maximum atomic E-state index is 12.0. The van der Waals surface area contributed by atoms with Crippen LogP contribution in [-0.4, -0.2) is 61.4 Å². The first kappa shape index (κ1) is 16.0. The molecule has 5 nitrogen and oxygen atoms in total. The van der Waals surface area contributed by atoms with Crippen LogP contribution in [0.15, 0.2) is 28.7 Å². The van der Waals surface area contributed by atoms with Gasteiger partial charge >= 0.3 is 0 Å². The van der Waals surface area contributed by atoms with Crippen LogP contribution in [0.5, 0.6) is 0 Å². The third-order valence-corrected chi connectivity index (χ3v) is 4.12. The van der Waals surface area contributed by atoms with E-state index in [0.29, 0.717) is 18.5 Å². The molecule has 1 fully saturated rings. The van der Waals surface area contributed by atoms with E-state index in [4.69, 9.17) is 0 Å². The highest BCUT2D eigenvalue weighted by Crippen LogP contribution is 2.10. The second-order valence-electron chi connectivity index (χ2n) is 5.20. The van der Waals surface area contributed by atoms with Crippen molar-refractivity contribution in [2.75, 3.05) is 39.8 Å². The number of amides is 2. The Morgan fingerprint density at radius 1 is 1.14 bits per heavy atom. The zero-order valence-corrected chi connectivity index (χ0v) is 13.7. The molecule has 0 unspecified atom stereocenters. The second kappa shape index (κ2) is 7.56. The molecule has 21 heavy (non-hydrogen) atoms. The first-order chi connectivity index (χ1) is 10.1. The van der Waals surface area contributed by atoms with Crippen LogP contribution in [0.2, 0.25) is 0 Å². The molecule has 0 spiro atoms. The average Bonchev–Trinajstić information content (AvgIpc) is 2.48. The Balaban J connectivity index is 1.72. The molecule has 0 aliphatic carbocycles. The van der Waals surface area contributed by atoms with Crippen LogP contribution < -0.4 is 5.32 Å². The van der Waals surface area contributed by atoms with Gasteiger partial charge in [0.15, 0.2) is 0 Å². The second-order valence-corrected chi connectivity index (χ2v) is 6.11. The van der Waals surface area contributed by atoms with Crippen molar-refractivity contribution in [1.29, 1.82) is 0 Å². The molecule has 1 aliphatic rings. The van der Waals surface area contributed by atoms with Crippen LogP contribution in [-0.2, 0) is 4.79 Å². The van der Waals surface area contributed by atoms with Crippen LogP contribution in [0.25, 0.3) is 0 Å². The molecule has 1 N–H and O–H groups in total. The number of piperazine rings is 1. The minimum atomic E-state index is -0.145. The van der Waals surface area contributed by atoms with Crippen LogP contribution in [0.4, 0.5) is 0 Å². The number of carbonyl (C=O) groups excluding carboxylic acids is 2. The number of nitrogens with one attached hydrogen (secondary N) is 1. The zero-order valence-electron chi connectivity index (χ0n) is 12.1. The van der Waals surface area contributed by atoms with Crippen molar-refractivity contribution in [2.24, 2.45) is 0 Å². The van der Waals surface area contributed by atoms with Crippen molar-refractivity contribution >= 4 is 27.7 Å². The number of benzene rings is 1. The highest BCUT2D eigenvalue weighted by atomic mass is 79.9. The lowest BCUT2D eigenvalue weighted by Crippen LogP contribution is -2.47. The SMILES string of the molecule is CN1CCN(C(=O)CCNC(=O)c2ccc(Br)cc2)CC1. The predicted molar refractivity (Wildman–Crippen MR) is 85.2 cm³/mol. The van der Waals surface area contributed by atoms with Crippen molar-refractivity contribution in [1.82, 2.24) is 15.1 Å². The lowest BCUT2D eigenvalue weighted by Gasteiger charge is -2.32. The topological polar surface area (TPSA) is 52.6 Å². The summed E-state index contributed by atoms with van der Waals surface area (Å²) < 4.78 is 0.935.